The molecule has 0 radical (unpaired) electrons. The van der Waals surface area contributed by atoms with E-state index >= 15 is 0 Å². The maximum Gasteiger partial charge on any atom is 0.160 e. The topological polar surface area (TPSA) is 38.7 Å². The van der Waals surface area contributed by atoms with Crippen LogP contribution in [0.1, 0.15) is 0 Å². The van der Waals surface area contributed by atoms with Gasteiger partial charge in [-0.1, -0.05) is 158 Å². The molecule has 238 valence electrons. The fraction of sp³-hybridized carbons (Fsp3) is 0. The van der Waals surface area contributed by atoms with Gasteiger partial charge in [0.1, 0.15) is 0 Å². The lowest BCUT2D eigenvalue weighted by Gasteiger charge is -2.10. The van der Waals surface area contributed by atoms with Crippen molar-refractivity contribution < 1.29 is 0 Å². The minimum absolute atomic E-state index is 0.729. The molecule has 0 amide bonds. The molecule has 0 aliphatic rings. The van der Waals surface area contributed by atoms with E-state index in [9.17, 15) is 0 Å². The molecule has 4 heteroatoms. The summed E-state index contributed by atoms with van der Waals surface area (Å²) in [6.45, 7) is 0. The number of aromatic nitrogens is 3. The largest absolute Gasteiger partial charge is 0.256 e. The van der Waals surface area contributed by atoms with Crippen LogP contribution in [0.25, 0.3) is 98.0 Å². The summed E-state index contributed by atoms with van der Waals surface area (Å²) in [5.74, 6) is 0.729. The molecular weight excluding hydrogens is 639 g/mol. The molecule has 0 unspecified atom stereocenters. The maximum atomic E-state index is 5.22. The van der Waals surface area contributed by atoms with Gasteiger partial charge in [0.15, 0.2) is 5.82 Å². The van der Waals surface area contributed by atoms with E-state index in [0.29, 0.717) is 0 Å². The predicted octanol–water partition coefficient (Wildman–Crippen LogP) is 12.9. The van der Waals surface area contributed by atoms with Gasteiger partial charge in [0.05, 0.1) is 21.4 Å². The zero-order chi connectivity index (χ0) is 33.7. The molecule has 10 aromatic rings. The first kappa shape index (κ1) is 29.4. The summed E-state index contributed by atoms with van der Waals surface area (Å²) in [6.07, 6.45) is 1.96. The first-order chi connectivity index (χ1) is 25.2. The van der Waals surface area contributed by atoms with E-state index in [-0.39, 0.29) is 0 Å². The van der Waals surface area contributed by atoms with E-state index < -0.39 is 0 Å². The molecule has 0 aliphatic carbocycles. The highest BCUT2D eigenvalue weighted by Gasteiger charge is 2.17. The van der Waals surface area contributed by atoms with Gasteiger partial charge in [-0.25, -0.2) is 9.97 Å². The molecule has 0 spiro atoms. The van der Waals surface area contributed by atoms with E-state index in [1.54, 1.807) is 11.3 Å². The Morgan fingerprint density at radius 3 is 1.67 bits per heavy atom. The number of benzene rings is 7. The fourth-order valence-corrected chi connectivity index (χ4v) is 8.23. The van der Waals surface area contributed by atoms with Gasteiger partial charge in [0.2, 0.25) is 0 Å². The molecule has 10 rings (SSSR count). The Kier molecular flexibility index (Phi) is 7.00. The molecule has 3 aromatic heterocycles. The Hall–Kier alpha value is -6.49. The molecule has 0 bridgehead atoms. The van der Waals surface area contributed by atoms with Crippen molar-refractivity contribution in [2.45, 2.75) is 0 Å². The second-order valence-corrected chi connectivity index (χ2v) is 13.9. The van der Waals surface area contributed by atoms with Gasteiger partial charge in [0.25, 0.3) is 0 Å². The number of hydrogen-bond donors (Lipinski definition) is 0. The molecule has 0 saturated carbocycles. The normalized spacial score (nSPS) is 11.5. The fourth-order valence-electron chi connectivity index (χ4n) is 7.07. The van der Waals surface area contributed by atoms with Gasteiger partial charge in [-0.15, -0.1) is 11.3 Å². The Labute approximate surface area is 299 Å². The standard InChI is InChI=1S/C47H29N3S/c1-2-8-30(9-3-1)31-18-22-35(23-19-31)44-46-45(41-12-6-7-13-43(41)51-46)50-47(49-44)36-24-20-33(21-25-36)32-14-16-34(17-15-32)37-26-27-40-39-11-5-4-10-38(39)29-48-42(40)28-37/h1-29H. The van der Waals surface area contributed by atoms with Crippen LogP contribution in [-0.4, -0.2) is 15.0 Å². The van der Waals surface area contributed by atoms with E-state index in [1.165, 1.54) is 32.2 Å². The molecule has 3 nitrogen and oxygen atoms in total. The minimum Gasteiger partial charge on any atom is -0.256 e. The van der Waals surface area contributed by atoms with Gasteiger partial charge in [-0.2, -0.15) is 0 Å². The minimum atomic E-state index is 0.729. The van der Waals surface area contributed by atoms with Crippen molar-refractivity contribution in [3.05, 3.63) is 176 Å². The number of hydrogen-bond acceptors (Lipinski definition) is 4. The summed E-state index contributed by atoms with van der Waals surface area (Å²) in [5.41, 5.74) is 12.1. The van der Waals surface area contributed by atoms with Crippen LogP contribution < -0.4 is 0 Å². The lowest BCUT2D eigenvalue weighted by Crippen LogP contribution is -1.94. The lowest BCUT2D eigenvalue weighted by molar-refractivity contribution is 1.24. The van der Waals surface area contributed by atoms with Gasteiger partial charge in [-0.3, -0.25) is 4.98 Å². The van der Waals surface area contributed by atoms with Crippen molar-refractivity contribution in [1.82, 2.24) is 15.0 Å². The van der Waals surface area contributed by atoms with Gasteiger partial charge in [0, 0.05) is 38.2 Å². The lowest BCUT2D eigenvalue weighted by atomic mass is 9.98. The zero-order valence-corrected chi connectivity index (χ0v) is 28.3. The predicted molar refractivity (Wildman–Crippen MR) is 215 cm³/mol. The summed E-state index contributed by atoms with van der Waals surface area (Å²) in [5, 5.41) is 4.73. The molecule has 0 N–H and O–H groups in total. The van der Waals surface area contributed by atoms with Crippen LogP contribution in [0.15, 0.2) is 176 Å². The monoisotopic (exact) mass is 667 g/mol. The van der Waals surface area contributed by atoms with Crippen LogP contribution in [0.5, 0.6) is 0 Å². The van der Waals surface area contributed by atoms with E-state index in [1.807, 2.05) is 12.3 Å². The van der Waals surface area contributed by atoms with Crippen LogP contribution in [0.3, 0.4) is 0 Å². The summed E-state index contributed by atoms with van der Waals surface area (Å²) >= 11 is 1.76. The van der Waals surface area contributed by atoms with Crippen molar-refractivity contribution >= 4 is 53.3 Å². The molecule has 7 aromatic carbocycles. The van der Waals surface area contributed by atoms with Crippen LogP contribution in [0.4, 0.5) is 0 Å². The second kappa shape index (κ2) is 12.1. The summed E-state index contributed by atoms with van der Waals surface area (Å²) in [7, 11) is 0. The van der Waals surface area contributed by atoms with Crippen molar-refractivity contribution in [1.29, 1.82) is 0 Å². The number of fused-ring (bicyclic) bond motifs is 6. The molecule has 0 aliphatic heterocycles. The zero-order valence-electron chi connectivity index (χ0n) is 27.5. The van der Waals surface area contributed by atoms with Crippen molar-refractivity contribution in [2.24, 2.45) is 0 Å². The Morgan fingerprint density at radius 2 is 0.941 bits per heavy atom. The quantitative estimate of drug-likeness (QED) is 0.171. The summed E-state index contributed by atoms with van der Waals surface area (Å²) in [4.78, 5) is 15.1. The smallest absolute Gasteiger partial charge is 0.160 e. The molecule has 0 atom stereocenters. The Balaban J connectivity index is 0.981. The van der Waals surface area contributed by atoms with Gasteiger partial charge >= 0.3 is 0 Å². The van der Waals surface area contributed by atoms with Crippen LogP contribution in [0, 0.1) is 0 Å². The van der Waals surface area contributed by atoms with E-state index in [0.717, 1.165) is 65.8 Å². The molecule has 3 heterocycles. The highest BCUT2D eigenvalue weighted by Crippen LogP contribution is 2.40. The maximum absolute atomic E-state index is 5.22. The third-order valence-electron chi connectivity index (χ3n) is 9.77. The SMILES string of the molecule is c1ccc(-c2ccc(-c3nc(-c4ccc(-c5ccc(-c6ccc7c(c6)ncc6ccccc67)cc5)cc4)nc4c3sc3ccccc34)cc2)cc1. The second-order valence-electron chi connectivity index (χ2n) is 12.8. The Morgan fingerprint density at radius 1 is 0.392 bits per heavy atom. The van der Waals surface area contributed by atoms with Crippen molar-refractivity contribution in [2.75, 3.05) is 0 Å². The number of nitrogens with zero attached hydrogens (tertiary/aromatic N) is 3. The average Bonchev–Trinajstić information content (AvgIpc) is 3.59. The highest BCUT2D eigenvalue weighted by molar-refractivity contribution is 7.26. The van der Waals surface area contributed by atoms with Gasteiger partial charge < -0.3 is 0 Å². The number of pyridine rings is 1. The molecular formula is C47H29N3S. The van der Waals surface area contributed by atoms with Crippen molar-refractivity contribution in [3.8, 4) is 56.0 Å². The number of rotatable bonds is 5. The van der Waals surface area contributed by atoms with E-state index in [2.05, 4.69) is 164 Å². The first-order valence-electron chi connectivity index (χ1n) is 17.1. The van der Waals surface area contributed by atoms with Crippen LogP contribution >= 0.6 is 11.3 Å². The number of thiophene rings is 1. The molecule has 51 heavy (non-hydrogen) atoms. The van der Waals surface area contributed by atoms with E-state index in [4.69, 9.17) is 15.0 Å². The molecule has 0 fully saturated rings. The van der Waals surface area contributed by atoms with Crippen LogP contribution in [0.2, 0.25) is 0 Å². The third kappa shape index (κ3) is 5.25. The Bertz CT molecular complexity index is 2880. The van der Waals surface area contributed by atoms with Gasteiger partial charge in [-0.05, 0) is 50.9 Å². The summed E-state index contributed by atoms with van der Waals surface area (Å²) < 4.78 is 2.33. The van der Waals surface area contributed by atoms with Crippen LogP contribution in [-0.2, 0) is 0 Å². The average molecular weight is 668 g/mol. The highest BCUT2D eigenvalue weighted by atomic mass is 32.1. The van der Waals surface area contributed by atoms with Crippen molar-refractivity contribution in [3.63, 3.8) is 0 Å². The first-order valence-corrected chi connectivity index (χ1v) is 17.9. The molecule has 0 saturated heterocycles. The summed E-state index contributed by atoms with van der Waals surface area (Å²) in [6, 6.07) is 60.1. The third-order valence-corrected chi connectivity index (χ3v) is 10.9.